The molecule has 1 aromatic heterocycles. The fourth-order valence-electron chi connectivity index (χ4n) is 4.09. The standard InChI is InChI=1S/C21H22N2O4/c24-19(25)11-21(6-1-2-7-21)23-20(26)17-10-16(12-22-13-17)14-3-4-18-15(9-14)5-8-27-18/h3-4,9-10,12-13H,1-2,5-8,11H2,(H,23,26)(H,24,25). The highest BCUT2D eigenvalue weighted by atomic mass is 16.5. The molecule has 140 valence electrons. The number of carbonyl (C=O) groups excluding carboxylic acids is 1. The van der Waals surface area contributed by atoms with Crippen LogP contribution < -0.4 is 10.1 Å². The van der Waals surface area contributed by atoms with Crippen LogP contribution >= 0.6 is 0 Å². The molecule has 4 rings (SSSR count). The third-order valence-electron chi connectivity index (χ3n) is 5.45. The van der Waals surface area contributed by atoms with E-state index in [1.807, 2.05) is 18.2 Å². The van der Waals surface area contributed by atoms with E-state index in [0.717, 1.165) is 41.7 Å². The lowest BCUT2D eigenvalue weighted by Crippen LogP contribution is -2.47. The van der Waals surface area contributed by atoms with Gasteiger partial charge < -0.3 is 15.2 Å². The summed E-state index contributed by atoms with van der Waals surface area (Å²) in [5.41, 5.74) is 2.80. The minimum absolute atomic E-state index is 0.0450. The van der Waals surface area contributed by atoms with Gasteiger partial charge in [-0.15, -0.1) is 0 Å². The number of pyridine rings is 1. The van der Waals surface area contributed by atoms with E-state index in [4.69, 9.17) is 4.74 Å². The van der Waals surface area contributed by atoms with Crippen molar-refractivity contribution in [1.29, 1.82) is 0 Å². The van der Waals surface area contributed by atoms with E-state index in [0.29, 0.717) is 25.0 Å². The number of ether oxygens (including phenoxy) is 1. The van der Waals surface area contributed by atoms with Crippen LogP contribution in [0.4, 0.5) is 0 Å². The Morgan fingerprint density at radius 3 is 2.74 bits per heavy atom. The summed E-state index contributed by atoms with van der Waals surface area (Å²) >= 11 is 0. The van der Waals surface area contributed by atoms with Crippen LogP contribution in [0.25, 0.3) is 11.1 Å². The van der Waals surface area contributed by atoms with Gasteiger partial charge in [-0.1, -0.05) is 18.9 Å². The highest BCUT2D eigenvalue weighted by molar-refractivity contribution is 5.96. The summed E-state index contributed by atoms with van der Waals surface area (Å²) in [5, 5.41) is 12.2. The van der Waals surface area contributed by atoms with Crippen LogP contribution in [0.3, 0.4) is 0 Å². The number of rotatable bonds is 5. The van der Waals surface area contributed by atoms with Crippen LogP contribution in [0.5, 0.6) is 5.75 Å². The molecule has 2 aromatic rings. The molecule has 2 heterocycles. The third-order valence-corrected chi connectivity index (χ3v) is 5.45. The number of nitrogens with zero attached hydrogens (tertiary/aromatic N) is 1. The topological polar surface area (TPSA) is 88.5 Å². The molecule has 1 aliphatic carbocycles. The van der Waals surface area contributed by atoms with Gasteiger partial charge in [0.05, 0.1) is 24.1 Å². The van der Waals surface area contributed by atoms with E-state index in [9.17, 15) is 14.7 Å². The van der Waals surface area contributed by atoms with Crippen LogP contribution in [0.15, 0.2) is 36.7 Å². The van der Waals surface area contributed by atoms with Crippen LogP contribution in [0.1, 0.15) is 48.0 Å². The first kappa shape index (κ1) is 17.5. The molecule has 1 aromatic carbocycles. The summed E-state index contributed by atoms with van der Waals surface area (Å²) < 4.78 is 5.54. The van der Waals surface area contributed by atoms with Crippen molar-refractivity contribution < 1.29 is 19.4 Å². The zero-order valence-electron chi connectivity index (χ0n) is 15.0. The maximum atomic E-state index is 12.8. The van der Waals surface area contributed by atoms with Crippen molar-refractivity contribution in [3.05, 3.63) is 47.8 Å². The molecule has 0 radical (unpaired) electrons. The second-order valence-electron chi connectivity index (χ2n) is 7.40. The van der Waals surface area contributed by atoms with Crippen LogP contribution in [-0.2, 0) is 11.2 Å². The van der Waals surface area contributed by atoms with Gasteiger partial charge in [0.1, 0.15) is 5.75 Å². The zero-order valence-corrected chi connectivity index (χ0v) is 15.0. The molecular formula is C21H22N2O4. The third kappa shape index (κ3) is 3.65. The summed E-state index contributed by atoms with van der Waals surface area (Å²) in [6.07, 6.45) is 7.36. The van der Waals surface area contributed by atoms with Gasteiger partial charge in [-0.25, -0.2) is 0 Å². The largest absolute Gasteiger partial charge is 0.493 e. The van der Waals surface area contributed by atoms with Gasteiger partial charge in [0, 0.05) is 24.4 Å². The molecule has 6 nitrogen and oxygen atoms in total. The molecule has 0 spiro atoms. The van der Waals surface area contributed by atoms with Crippen molar-refractivity contribution in [3.8, 4) is 16.9 Å². The van der Waals surface area contributed by atoms with Gasteiger partial charge >= 0.3 is 5.97 Å². The molecule has 27 heavy (non-hydrogen) atoms. The van der Waals surface area contributed by atoms with Crippen molar-refractivity contribution in [1.82, 2.24) is 10.3 Å². The second-order valence-corrected chi connectivity index (χ2v) is 7.40. The summed E-state index contributed by atoms with van der Waals surface area (Å²) in [6, 6.07) is 7.80. The van der Waals surface area contributed by atoms with E-state index in [1.54, 1.807) is 6.20 Å². The molecule has 1 saturated carbocycles. The Morgan fingerprint density at radius 1 is 1.15 bits per heavy atom. The fourth-order valence-corrected chi connectivity index (χ4v) is 4.09. The van der Waals surface area contributed by atoms with E-state index in [1.165, 1.54) is 6.20 Å². The molecule has 6 heteroatoms. The molecule has 0 atom stereocenters. The Hall–Kier alpha value is -2.89. The Labute approximate surface area is 157 Å². The Balaban J connectivity index is 1.56. The zero-order chi connectivity index (χ0) is 18.9. The Morgan fingerprint density at radius 2 is 1.96 bits per heavy atom. The summed E-state index contributed by atoms with van der Waals surface area (Å²) in [4.78, 5) is 28.3. The summed E-state index contributed by atoms with van der Waals surface area (Å²) in [7, 11) is 0. The van der Waals surface area contributed by atoms with Gasteiger partial charge in [-0.2, -0.15) is 0 Å². The van der Waals surface area contributed by atoms with Crippen molar-refractivity contribution in [3.63, 3.8) is 0 Å². The lowest BCUT2D eigenvalue weighted by atomic mass is 9.92. The maximum Gasteiger partial charge on any atom is 0.305 e. The Bertz CT molecular complexity index is 888. The summed E-state index contributed by atoms with van der Waals surface area (Å²) in [6.45, 7) is 0.700. The first-order chi connectivity index (χ1) is 13.0. The molecule has 0 saturated heterocycles. The van der Waals surface area contributed by atoms with Gasteiger partial charge in [0.2, 0.25) is 0 Å². The predicted octanol–water partition coefficient (Wildman–Crippen LogP) is 3.20. The number of fused-ring (bicyclic) bond motifs is 1. The average molecular weight is 366 g/mol. The van der Waals surface area contributed by atoms with Crippen LogP contribution in [0.2, 0.25) is 0 Å². The number of aromatic nitrogens is 1. The number of benzene rings is 1. The van der Waals surface area contributed by atoms with Crippen molar-refractivity contribution in [2.45, 2.75) is 44.1 Å². The van der Waals surface area contributed by atoms with E-state index >= 15 is 0 Å². The van der Waals surface area contributed by atoms with Crippen LogP contribution in [-0.4, -0.2) is 34.1 Å². The molecule has 1 fully saturated rings. The normalized spacial score (nSPS) is 17.2. The lowest BCUT2D eigenvalue weighted by Gasteiger charge is -2.28. The van der Waals surface area contributed by atoms with Gasteiger partial charge in [0.25, 0.3) is 5.91 Å². The van der Waals surface area contributed by atoms with Crippen molar-refractivity contribution in [2.24, 2.45) is 0 Å². The van der Waals surface area contributed by atoms with Crippen molar-refractivity contribution >= 4 is 11.9 Å². The van der Waals surface area contributed by atoms with Gasteiger partial charge in [0.15, 0.2) is 0 Å². The van der Waals surface area contributed by atoms with Gasteiger partial charge in [-0.3, -0.25) is 14.6 Å². The number of carboxylic acid groups (broad SMARTS) is 1. The molecular weight excluding hydrogens is 344 g/mol. The first-order valence-electron chi connectivity index (χ1n) is 9.30. The fraction of sp³-hybridized carbons (Fsp3) is 0.381. The smallest absolute Gasteiger partial charge is 0.305 e. The average Bonchev–Trinajstić information content (AvgIpc) is 3.30. The number of hydrogen-bond donors (Lipinski definition) is 2. The molecule has 1 aliphatic heterocycles. The monoisotopic (exact) mass is 366 g/mol. The van der Waals surface area contributed by atoms with Gasteiger partial charge in [-0.05, 0) is 42.2 Å². The highest BCUT2D eigenvalue weighted by Gasteiger charge is 2.37. The molecule has 0 bridgehead atoms. The second kappa shape index (κ2) is 7.02. The molecule has 0 unspecified atom stereocenters. The molecule has 2 N–H and O–H groups in total. The number of amides is 1. The highest BCUT2D eigenvalue weighted by Crippen LogP contribution is 2.33. The number of hydrogen-bond acceptors (Lipinski definition) is 4. The lowest BCUT2D eigenvalue weighted by molar-refractivity contribution is -0.138. The van der Waals surface area contributed by atoms with E-state index in [-0.39, 0.29) is 12.3 Å². The number of carbonyl (C=O) groups is 2. The first-order valence-corrected chi connectivity index (χ1v) is 9.30. The molecule has 2 aliphatic rings. The molecule has 1 amide bonds. The van der Waals surface area contributed by atoms with Crippen LogP contribution in [0, 0.1) is 0 Å². The number of carboxylic acids is 1. The SMILES string of the molecule is O=C(O)CC1(NC(=O)c2cncc(-c3ccc4c(c3)CCO4)c2)CCCC1. The predicted molar refractivity (Wildman–Crippen MR) is 99.8 cm³/mol. The summed E-state index contributed by atoms with van der Waals surface area (Å²) in [5.74, 6) is -0.237. The minimum atomic E-state index is -0.885. The van der Waals surface area contributed by atoms with E-state index < -0.39 is 11.5 Å². The minimum Gasteiger partial charge on any atom is -0.493 e. The Kier molecular flexibility index (Phi) is 4.56. The maximum absolute atomic E-state index is 12.8. The number of aliphatic carboxylic acids is 1. The van der Waals surface area contributed by atoms with E-state index in [2.05, 4.69) is 16.4 Å². The number of nitrogens with one attached hydrogen (secondary N) is 1. The van der Waals surface area contributed by atoms with Crippen molar-refractivity contribution in [2.75, 3.05) is 6.61 Å². The quantitative estimate of drug-likeness (QED) is 0.848.